The minimum absolute atomic E-state index is 0.223. The van der Waals surface area contributed by atoms with Gasteiger partial charge in [0, 0.05) is 17.1 Å². The molecule has 94 valence electrons. The molecule has 3 rings (SSSR count). The Hall–Kier alpha value is -1.41. The largest absolute Gasteiger partial charge is 0.385 e. The van der Waals surface area contributed by atoms with Crippen LogP contribution in [-0.2, 0) is 5.60 Å². The van der Waals surface area contributed by atoms with E-state index in [1.54, 1.807) is 0 Å². The van der Waals surface area contributed by atoms with Crippen LogP contribution in [0.2, 0.25) is 0 Å². The van der Waals surface area contributed by atoms with Crippen LogP contribution in [0.25, 0.3) is 10.9 Å². The number of hydrogen-bond donors (Lipinski definition) is 1. The van der Waals surface area contributed by atoms with Crippen molar-refractivity contribution < 1.29 is 5.11 Å². The molecule has 2 nitrogen and oxygen atoms in total. The summed E-state index contributed by atoms with van der Waals surface area (Å²) in [5, 5.41) is 11.9. The molecule has 1 aromatic heterocycles. The molecular weight excluding hydrogens is 222 g/mol. The van der Waals surface area contributed by atoms with E-state index in [1.165, 1.54) is 0 Å². The third-order valence-electron chi connectivity index (χ3n) is 4.11. The van der Waals surface area contributed by atoms with E-state index in [9.17, 15) is 5.11 Å². The van der Waals surface area contributed by atoms with Crippen molar-refractivity contribution in [1.82, 2.24) is 4.98 Å². The van der Waals surface area contributed by atoms with Gasteiger partial charge in [-0.15, -0.1) is 0 Å². The summed E-state index contributed by atoms with van der Waals surface area (Å²) in [6, 6.07) is 10.1. The van der Waals surface area contributed by atoms with E-state index in [4.69, 9.17) is 0 Å². The highest BCUT2D eigenvalue weighted by atomic mass is 16.3. The summed E-state index contributed by atoms with van der Waals surface area (Å²) < 4.78 is 0. The molecule has 18 heavy (non-hydrogen) atoms. The van der Waals surface area contributed by atoms with E-state index in [2.05, 4.69) is 31.0 Å². The third kappa shape index (κ3) is 1.91. The lowest BCUT2D eigenvalue weighted by atomic mass is 9.86. The minimum atomic E-state index is -0.694. The van der Waals surface area contributed by atoms with Gasteiger partial charge >= 0.3 is 0 Å². The summed E-state index contributed by atoms with van der Waals surface area (Å²) in [4.78, 5) is 4.46. The predicted molar refractivity (Wildman–Crippen MR) is 73.3 cm³/mol. The Kier molecular flexibility index (Phi) is 2.46. The van der Waals surface area contributed by atoms with E-state index in [-0.39, 0.29) is 5.41 Å². The van der Waals surface area contributed by atoms with Crippen molar-refractivity contribution in [2.24, 2.45) is 5.41 Å². The second-order valence-electron chi connectivity index (χ2n) is 6.29. The molecule has 0 spiro atoms. The highest BCUT2D eigenvalue weighted by molar-refractivity contribution is 5.78. The third-order valence-corrected chi connectivity index (χ3v) is 4.11. The predicted octanol–water partition coefficient (Wildman–Crippen LogP) is 3.63. The number of nitrogens with zero attached hydrogens (tertiary/aromatic N) is 1. The summed E-state index contributed by atoms with van der Waals surface area (Å²) in [5.41, 5.74) is 1.48. The van der Waals surface area contributed by atoms with Gasteiger partial charge in [-0.05, 0) is 36.8 Å². The van der Waals surface area contributed by atoms with Crippen LogP contribution in [0.5, 0.6) is 0 Å². The van der Waals surface area contributed by atoms with E-state index >= 15 is 0 Å². The summed E-state index contributed by atoms with van der Waals surface area (Å²) in [7, 11) is 0. The van der Waals surface area contributed by atoms with Gasteiger partial charge in [0.1, 0.15) is 0 Å². The molecule has 1 aromatic carbocycles. The molecule has 1 aliphatic rings. The maximum Gasteiger partial charge on any atom is 0.0916 e. The zero-order valence-electron chi connectivity index (χ0n) is 11.0. The fraction of sp³-hybridized carbons (Fsp3) is 0.438. The number of benzene rings is 1. The second-order valence-corrected chi connectivity index (χ2v) is 6.29. The van der Waals surface area contributed by atoms with Gasteiger partial charge < -0.3 is 5.11 Å². The first-order valence-electron chi connectivity index (χ1n) is 6.56. The molecule has 0 amide bonds. The zero-order chi connectivity index (χ0) is 12.8. The first-order chi connectivity index (χ1) is 8.49. The van der Waals surface area contributed by atoms with Gasteiger partial charge in [-0.25, -0.2) is 0 Å². The lowest BCUT2D eigenvalue weighted by molar-refractivity contribution is 0.0337. The van der Waals surface area contributed by atoms with Crippen LogP contribution in [-0.4, -0.2) is 10.1 Å². The molecule has 1 heterocycles. The summed E-state index contributed by atoms with van der Waals surface area (Å²) in [6.45, 7) is 4.44. The van der Waals surface area contributed by atoms with Gasteiger partial charge in [-0.3, -0.25) is 4.98 Å². The first-order valence-corrected chi connectivity index (χ1v) is 6.56. The molecule has 1 unspecified atom stereocenters. The van der Waals surface area contributed by atoms with Crippen molar-refractivity contribution >= 4 is 10.9 Å². The van der Waals surface area contributed by atoms with Gasteiger partial charge in [-0.2, -0.15) is 0 Å². The standard InChI is InChI=1S/C16H19NO/c1-15(2)7-8-16(18,11-15)13-9-12-5-3-4-6-14(12)17-10-13/h3-6,9-10,18H,7-8,11H2,1-2H3. The Balaban J connectivity index is 2.04. The van der Waals surface area contributed by atoms with Gasteiger partial charge in [0.05, 0.1) is 11.1 Å². The normalized spacial score (nSPS) is 26.6. The molecule has 2 heteroatoms. The van der Waals surface area contributed by atoms with Gasteiger partial charge in [0.2, 0.25) is 0 Å². The average molecular weight is 241 g/mol. The second kappa shape index (κ2) is 3.79. The molecule has 0 bridgehead atoms. The van der Waals surface area contributed by atoms with Crippen LogP contribution in [0, 0.1) is 5.41 Å². The van der Waals surface area contributed by atoms with Crippen LogP contribution in [0.15, 0.2) is 36.5 Å². The van der Waals surface area contributed by atoms with Crippen molar-refractivity contribution in [3.63, 3.8) is 0 Å². The molecule has 1 N–H and O–H groups in total. The molecule has 0 saturated heterocycles. The van der Waals surface area contributed by atoms with E-state index in [1.807, 2.05) is 24.4 Å². The number of fused-ring (bicyclic) bond motifs is 1. The Bertz CT molecular complexity index is 590. The molecule has 1 atom stereocenters. The van der Waals surface area contributed by atoms with E-state index in [0.717, 1.165) is 35.7 Å². The monoisotopic (exact) mass is 241 g/mol. The van der Waals surface area contributed by atoms with Gasteiger partial charge in [0.15, 0.2) is 0 Å². The Morgan fingerprint density at radius 2 is 1.94 bits per heavy atom. The highest BCUT2D eigenvalue weighted by Crippen LogP contribution is 2.48. The number of aromatic nitrogens is 1. The van der Waals surface area contributed by atoms with Crippen LogP contribution in [0.3, 0.4) is 0 Å². The molecule has 1 fully saturated rings. The smallest absolute Gasteiger partial charge is 0.0916 e. The molecule has 1 aliphatic carbocycles. The van der Waals surface area contributed by atoms with Crippen LogP contribution < -0.4 is 0 Å². The first kappa shape index (κ1) is 11.7. The maximum atomic E-state index is 10.8. The maximum absolute atomic E-state index is 10.8. The lowest BCUT2D eigenvalue weighted by Crippen LogP contribution is -2.23. The van der Waals surface area contributed by atoms with Crippen molar-refractivity contribution in [2.45, 2.75) is 38.7 Å². The quantitative estimate of drug-likeness (QED) is 0.827. The highest BCUT2D eigenvalue weighted by Gasteiger charge is 2.43. The minimum Gasteiger partial charge on any atom is -0.385 e. The number of aliphatic hydroxyl groups is 1. The Morgan fingerprint density at radius 3 is 2.67 bits per heavy atom. The van der Waals surface area contributed by atoms with Crippen LogP contribution in [0.4, 0.5) is 0 Å². The van der Waals surface area contributed by atoms with Crippen molar-refractivity contribution in [3.8, 4) is 0 Å². The van der Waals surface area contributed by atoms with Crippen molar-refractivity contribution in [3.05, 3.63) is 42.1 Å². The molecule has 0 radical (unpaired) electrons. The Labute approximate surface area is 108 Å². The summed E-state index contributed by atoms with van der Waals surface area (Å²) in [5.74, 6) is 0. The van der Waals surface area contributed by atoms with Crippen molar-refractivity contribution in [2.75, 3.05) is 0 Å². The average Bonchev–Trinajstić information content (AvgIpc) is 2.64. The van der Waals surface area contributed by atoms with Crippen LogP contribution in [0.1, 0.15) is 38.7 Å². The number of pyridine rings is 1. The van der Waals surface area contributed by atoms with Crippen LogP contribution >= 0.6 is 0 Å². The molecule has 0 aliphatic heterocycles. The van der Waals surface area contributed by atoms with E-state index < -0.39 is 5.60 Å². The summed E-state index contributed by atoms with van der Waals surface area (Å²) >= 11 is 0. The van der Waals surface area contributed by atoms with Gasteiger partial charge in [0.25, 0.3) is 0 Å². The number of rotatable bonds is 1. The summed E-state index contributed by atoms with van der Waals surface area (Å²) in [6.07, 6.45) is 4.56. The fourth-order valence-electron chi connectivity index (χ4n) is 3.09. The Morgan fingerprint density at radius 1 is 1.17 bits per heavy atom. The number of para-hydroxylation sites is 1. The fourth-order valence-corrected chi connectivity index (χ4v) is 3.09. The molecular formula is C16H19NO. The van der Waals surface area contributed by atoms with Crippen molar-refractivity contribution in [1.29, 1.82) is 0 Å². The SMILES string of the molecule is CC1(C)CCC(O)(c2cnc3ccccc3c2)C1. The number of hydrogen-bond acceptors (Lipinski definition) is 2. The lowest BCUT2D eigenvalue weighted by Gasteiger charge is -2.25. The molecule has 1 saturated carbocycles. The zero-order valence-corrected chi connectivity index (χ0v) is 11.0. The topological polar surface area (TPSA) is 33.1 Å². The molecule has 2 aromatic rings. The van der Waals surface area contributed by atoms with E-state index in [0.29, 0.717) is 0 Å². The van der Waals surface area contributed by atoms with Gasteiger partial charge in [-0.1, -0.05) is 32.0 Å².